The van der Waals surface area contributed by atoms with E-state index in [1.165, 1.54) is 0 Å². The van der Waals surface area contributed by atoms with Crippen molar-refractivity contribution in [3.05, 3.63) is 70.3 Å². The molecule has 2 amide bonds. The number of morpholine rings is 1. The van der Waals surface area contributed by atoms with Crippen molar-refractivity contribution in [2.45, 2.75) is 39.7 Å². The Morgan fingerprint density at radius 3 is 2.48 bits per heavy atom. The van der Waals surface area contributed by atoms with Gasteiger partial charge < -0.3 is 15.0 Å². The van der Waals surface area contributed by atoms with E-state index in [2.05, 4.69) is 5.32 Å². The van der Waals surface area contributed by atoms with Gasteiger partial charge in [-0.25, -0.2) is 0 Å². The van der Waals surface area contributed by atoms with E-state index in [1.54, 1.807) is 0 Å². The first-order valence-corrected chi connectivity index (χ1v) is 10.3. The van der Waals surface area contributed by atoms with Crippen LogP contribution in [0.2, 0.25) is 0 Å². The number of carbonyl (C=O) groups excluding carboxylic acids is 2. The average Bonchev–Trinajstić information content (AvgIpc) is 2.71. The van der Waals surface area contributed by atoms with Gasteiger partial charge in [0.15, 0.2) is 0 Å². The number of carbonyl (C=O) groups is 2. The second kappa shape index (κ2) is 9.70. The van der Waals surface area contributed by atoms with Gasteiger partial charge in [-0.15, -0.1) is 0 Å². The van der Waals surface area contributed by atoms with Crippen LogP contribution in [0.3, 0.4) is 0 Å². The predicted octanol–water partition coefficient (Wildman–Crippen LogP) is 3.72. The molecule has 0 radical (unpaired) electrons. The van der Waals surface area contributed by atoms with Gasteiger partial charge >= 0.3 is 0 Å². The molecule has 2 aromatic carbocycles. The molecule has 29 heavy (non-hydrogen) atoms. The van der Waals surface area contributed by atoms with E-state index < -0.39 is 0 Å². The zero-order chi connectivity index (χ0) is 20.8. The Morgan fingerprint density at radius 2 is 1.79 bits per heavy atom. The molecule has 5 heteroatoms. The van der Waals surface area contributed by atoms with Crippen LogP contribution in [0.25, 0.3) is 0 Å². The third-order valence-electron chi connectivity index (χ3n) is 5.35. The first kappa shape index (κ1) is 21.1. The monoisotopic (exact) mass is 394 g/mol. The molecule has 0 aliphatic carbocycles. The molecule has 1 unspecified atom stereocenters. The van der Waals surface area contributed by atoms with E-state index in [0.29, 0.717) is 39.1 Å². The Labute approximate surface area is 173 Å². The maximum atomic E-state index is 12.6. The largest absolute Gasteiger partial charge is 0.370 e. The molecule has 1 N–H and O–H groups in total. The number of amides is 2. The lowest BCUT2D eigenvalue weighted by atomic mass is 9.99. The standard InChI is InChI=1S/C24H30N2O3/c1-17-14-18(2)23(19(3)15-17)24(28)25-11-7-10-22(27)26-12-13-29-21(16-26)20-8-5-4-6-9-20/h4-6,8-9,14-15,21H,7,10-13,16H2,1-3H3,(H,25,28). The summed E-state index contributed by atoms with van der Waals surface area (Å²) in [5.74, 6) is 0.0501. The lowest BCUT2D eigenvalue weighted by Gasteiger charge is -2.33. The van der Waals surface area contributed by atoms with Gasteiger partial charge in [0.25, 0.3) is 5.91 Å². The van der Waals surface area contributed by atoms with Crippen LogP contribution in [-0.2, 0) is 9.53 Å². The number of benzene rings is 2. The van der Waals surface area contributed by atoms with E-state index in [0.717, 1.165) is 27.8 Å². The molecule has 5 nitrogen and oxygen atoms in total. The maximum Gasteiger partial charge on any atom is 0.251 e. The Hall–Kier alpha value is -2.66. The predicted molar refractivity (Wildman–Crippen MR) is 114 cm³/mol. The summed E-state index contributed by atoms with van der Waals surface area (Å²) in [4.78, 5) is 27.0. The van der Waals surface area contributed by atoms with Crippen molar-refractivity contribution >= 4 is 11.8 Å². The maximum absolute atomic E-state index is 12.6. The highest BCUT2D eigenvalue weighted by molar-refractivity contribution is 5.97. The number of rotatable bonds is 6. The van der Waals surface area contributed by atoms with Crippen molar-refractivity contribution < 1.29 is 14.3 Å². The van der Waals surface area contributed by atoms with Gasteiger partial charge in [0.1, 0.15) is 6.10 Å². The van der Waals surface area contributed by atoms with E-state index in [4.69, 9.17) is 4.74 Å². The SMILES string of the molecule is Cc1cc(C)c(C(=O)NCCCC(=O)N2CCOC(c3ccccc3)C2)c(C)c1. The zero-order valence-electron chi connectivity index (χ0n) is 17.5. The number of nitrogens with zero attached hydrogens (tertiary/aromatic N) is 1. The fraction of sp³-hybridized carbons (Fsp3) is 0.417. The third-order valence-corrected chi connectivity index (χ3v) is 5.35. The molecule has 0 aromatic heterocycles. The van der Waals surface area contributed by atoms with Gasteiger partial charge in [-0.2, -0.15) is 0 Å². The number of hydrogen-bond donors (Lipinski definition) is 1. The van der Waals surface area contributed by atoms with Crippen LogP contribution in [0, 0.1) is 20.8 Å². The average molecular weight is 395 g/mol. The highest BCUT2D eigenvalue weighted by atomic mass is 16.5. The molecular weight excluding hydrogens is 364 g/mol. The molecule has 1 fully saturated rings. The lowest BCUT2D eigenvalue weighted by Crippen LogP contribution is -2.42. The lowest BCUT2D eigenvalue weighted by molar-refractivity contribution is -0.139. The number of hydrogen-bond acceptors (Lipinski definition) is 3. The Bertz CT molecular complexity index is 841. The second-order valence-corrected chi connectivity index (χ2v) is 7.74. The van der Waals surface area contributed by atoms with Crippen molar-refractivity contribution in [3.63, 3.8) is 0 Å². The normalized spacial score (nSPS) is 16.5. The first-order chi connectivity index (χ1) is 14.0. The molecule has 1 atom stereocenters. The van der Waals surface area contributed by atoms with E-state index in [9.17, 15) is 9.59 Å². The quantitative estimate of drug-likeness (QED) is 0.760. The van der Waals surface area contributed by atoms with Gasteiger partial charge in [0.05, 0.1) is 13.2 Å². The molecule has 1 saturated heterocycles. The number of nitrogens with one attached hydrogen (secondary N) is 1. The van der Waals surface area contributed by atoms with E-state index >= 15 is 0 Å². The van der Waals surface area contributed by atoms with Gasteiger partial charge in [0.2, 0.25) is 5.91 Å². The summed E-state index contributed by atoms with van der Waals surface area (Å²) in [6.45, 7) is 8.19. The van der Waals surface area contributed by atoms with E-state index in [1.807, 2.05) is 68.1 Å². The Kier molecular flexibility index (Phi) is 7.04. The fourth-order valence-electron chi connectivity index (χ4n) is 3.97. The molecule has 2 aromatic rings. The minimum Gasteiger partial charge on any atom is -0.370 e. The van der Waals surface area contributed by atoms with Crippen LogP contribution in [-0.4, -0.2) is 43.0 Å². The van der Waals surface area contributed by atoms with Crippen LogP contribution in [0.15, 0.2) is 42.5 Å². The molecule has 154 valence electrons. The van der Waals surface area contributed by atoms with Gasteiger partial charge in [0, 0.05) is 25.1 Å². The molecule has 1 aliphatic heterocycles. The van der Waals surface area contributed by atoms with Crippen molar-refractivity contribution in [2.75, 3.05) is 26.2 Å². The summed E-state index contributed by atoms with van der Waals surface area (Å²) in [6.07, 6.45) is 0.983. The van der Waals surface area contributed by atoms with Gasteiger partial charge in [-0.05, 0) is 43.9 Å². The Morgan fingerprint density at radius 1 is 1.10 bits per heavy atom. The van der Waals surface area contributed by atoms with Crippen LogP contribution < -0.4 is 5.32 Å². The number of aryl methyl sites for hydroxylation is 3. The summed E-state index contributed by atoms with van der Waals surface area (Å²) in [7, 11) is 0. The summed E-state index contributed by atoms with van der Waals surface area (Å²) in [5.41, 5.74) is 4.95. The highest BCUT2D eigenvalue weighted by Gasteiger charge is 2.25. The van der Waals surface area contributed by atoms with Crippen LogP contribution >= 0.6 is 0 Å². The molecule has 1 heterocycles. The number of ether oxygens (including phenoxy) is 1. The molecule has 3 rings (SSSR count). The van der Waals surface area contributed by atoms with Gasteiger partial charge in [-0.1, -0.05) is 48.0 Å². The summed E-state index contributed by atoms with van der Waals surface area (Å²) < 4.78 is 5.83. The van der Waals surface area contributed by atoms with Crippen molar-refractivity contribution in [1.82, 2.24) is 10.2 Å². The Balaban J connectivity index is 1.46. The van der Waals surface area contributed by atoms with Crippen molar-refractivity contribution in [3.8, 4) is 0 Å². The van der Waals surface area contributed by atoms with Crippen LogP contribution in [0.5, 0.6) is 0 Å². The minimum atomic E-state index is -0.0684. The smallest absolute Gasteiger partial charge is 0.251 e. The first-order valence-electron chi connectivity index (χ1n) is 10.3. The summed E-state index contributed by atoms with van der Waals surface area (Å²) in [5, 5.41) is 2.96. The third kappa shape index (κ3) is 5.45. The van der Waals surface area contributed by atoms with Crippen LogP contribution in [0.4, 0.5) is 0 Å². The molecular formula is C24H30N2O3. The van der Waals surface area contributed by atoms with Crippen molar-refractivity contribution in [2.24, 2.45) is 0 Å². The van der Waals surface area contributed by atoms with E-state index in [-0.39, 0.29) is 17.9 Å². The highest BCUT2D eigenvalue weighted by Crippen LogP contribution is 2.22. The van der Waals surface area contributed by atoms with Gasteiger partial charge in [-0.3, -0.25) is 9.59 Å². The molecule has 0 spiro atoms. The minimum absolute atomic E-state index is 0.0667. The van der Waals surface area contributed by atoms with Crippen LogP contribution in [0.1, 0.15) is 51.6 Å². The summed E-state index contributed by atoms with van der Waals surface area (Å²) >= 11 is 0. The second-order valence-electron chi connectivity index (χ2n) is 7.74. The zero-order valence-corrected chi connectivity index (χ0v) is 17.5. The topological polar surface area (TPSA) is 58.6 Å². The molecule has 0 bridgehead atoms. The molecule has 1 aliphatic rings. The fourth-order valence-corrected chi connectivity index (χ4v) is 3.97. The molecule has 0 saturated carbocycles. The summed E-state index contributed by atoms with van der Waals surface area (Å²) in [6, 6.07) is 14.1. The van der Waals surface area contributed by atoms with Crippen molar-refractivity contribution in [1.29, 1.82) is 0 Å².